The highest BCUT2D eigenvalue weighted by atomic mass is 79.9. The van der Waals surface area contributed by atoms with E-state index in [9.17, 15) is 5.11 Å². The molecule has 0 aliphatic carbocycles. The number of benzene rings is 2. The third kappa shape index (κ3) is 5.61. The van der Waals surface area contributed by atoms with Gasteiger partial charge in [-0.15, -0.1) is 0 Å². The van der Waals surface area contributed by atoms with Gasteiger partial charge in [0, 0.05) is 23.2 Å². The zero-order valence-electron chi connectivity index (χ0n) is 14.4. The summed E-state index contributed by atoms with van der Waals surface area (Å²) >= 11 is 9.73. The molecule has 1 atom stereocenters. The van der Waals surface area contributed by atoms with Crippen LogP contribution in [0.15, 0.2) is 40.9 Å². The Labute approximate surface area is 162 Å². The lowest BCUT2D eigenvalue weighted by atomic mass is 10.1. The first-order chi connectivity index (χ1) is 12.1. The maximum Gasteiger partial charge on any atom is 0.175 e. The molecule has 0 bridgehead atoms. The van der Waals surface area contributed by atoms with Crippen LogP contribution in [0.1, 0.15) is 24.5 Å². The fourth-order valence-corrected chi connectivity index (χ4v) is 3.18. The maximum atomic E-state index is 9.28. The van der Waals surface area contributed by atoms with Crippen molar-refractivity contribution < 1.29 is 14.6 Å². The Morgan fingerprint density at radius 1 is 1.28 bits per heavy atom. The van der Waals surface area contributed by atoms with E-state index < -0.39 is 0 Å². The predicted molar refractivity (Wildman–Crippen MR) is 104 cm³/mol. The van der Waals surface area contributed by atoms with Crippen LogP contribution in [0, 0.1) is 0 Å². The number of nitrogens with one attached hydrogen (secondary N) is 1. The lowest BCUT2D eigenvalue weighted by Crippen LogP contribution is -2.31. The average Bonchev–Trinajstić information content (AvgIpc) is 2.62. The molecule has 0 amide bonds. The molecule has 0 aliphatic heterocycles. The van der Waals surface area contributed by atoms with Crippen LogP contribution < -0.4 is 14.8 Å². The van der Waals surface area contributed by atoms with Gasteiger partial charge in [0.05, 0.1) is 18.2 Å². The minimum absolute atomic E-state index is 0.0842. The number of methoxy groups -OCH3 is 1. The van der Waals surface area contributed by atoms with Crippen molar-refractivity contribution in [2.75, 3.05) is 13.7 Å². The van der Waals surface area contributed by atoms with Gasteiger partial charge in [-0.05, 0) is 46.1 Å². The van der Waals surface area contributed by atoms with Gasteiger partial charge in [0.1, 0.15) is 6.61 Å². The smallest absolute Gasteiger partial charge is 0.175 e. The maximum absolute atomic E-state index is 9.28. The number of hydrogen-bond acceptors (Lipinski definition) is 4. The number of hydrogen-bond donors (Lipinski definition) is 2. The highest BCUT2D eigenvalue weighted by Crippen LogP contribution is 2.37. The Morgan fingerprint density at radius 2 is 2.04 bits per heavy atom. The number of halogens is 2. The van der Waals surface area contributed by atoms with E-state index in [-0.39, 0.29) is 12.6 Å². The van der Waals surface area contributed by atoms with E-state index in [4.69, 9.17) is 21.1 Å². The van der Waals surface area contributed by atoms with Crippen LogP contribution in [0.3, 0.4) is 0 Å². The van der Waals surface area contributed by atoms with E-state index in [0.29, 0.717) is 29.7 Å². The van der Waals surface area contributed by atoms with Crippen LogP contribution in [-0.2, 0) is 13.2 Å². The lowest BCUT2D eigenvalue weighted by Gasteiger charge is -2.17. The molecule has 0 aliphatic rings. The molecular formula is C19H23BrClNO3. The van der Waals surface area contributed by atoms with E-state index in [1.807, 2.05) is 43.3 Å². The molecule has 0 unspecified atom stereocenters. The van der Waals surface area contributed by atoms with Crippen molar-refractivity contribution in [1.82, 2.24) is 5.32 Å². The summed E-state index contributed by atoms with van der Waals surface area (Å²) in [7, 11) is 1.61. The lowest BCUT2D eigenvalue weighted by molar-refractivity contribution is 0.238. The van der Waals surface area contributed by atoms with Gasteiger partial charge in [0.2, 0.25) is 0 Å². The molecule has 0 heterocycles. The Kier molecular flexibility index (Phi) is 8.03. The van der Waals surface area contributed by atoms with Crippen molar-refractivity contribution in [1.29, 1.82) is 0 Å². The molecule has 2 aromatic carbocycles. The van der Waals surface area contributed by atoms with E-state index in [1.54, 1.807) is 7.11 Å². The second-order valence-electron chi connectivity index (χ2n) is 5.66. The quantitative estimate of drug-likeness (QED) is 0.615. The largest absolute Gasteiger partial charge is 0.493 e. The summed E-state index contributed by atoms with van der Waals surface area (Å²) < 4.78 is 12.2. The monoisotopic (exact) mass is 427 g/mol. The Bertz CT molecular complexity index is 692. The van der Waals surface area contributed by atoms with Crippen LogP contribution in [0.25, 0.3) is 0 Å². The molecule has 2 aromatic rings. The van der Waals surface area contributed by atoms with Crippen molar-refractivity contribution in [3.05, 3.63) is 57.0 Å². The van der Waals surface area contributed by atoms with E-state index in [2.05, 4.69) is 21.2 Å². The second kappa shape index (κ2) is 10.0. The molecule has 0 fully saturated rings. The number of rotatable bonds is 9. The molecule has 0 aromatic heterocycles. The van der Waals surface area contributed by atoms with Crippen molar-refractivity contribution in [3.63, 3.8) is 0 Å². The van der Waals surface area contributed by atoms with Gasteiger partial charge in [-0.1, -0.05) is 36.7 Å². The molecule has 4 nitrogen and oxygen atoms in total. The third-order valence-electron chi connectivity index (χ3n) is 3.93. The molecule has 2 rings (SSSR count). The summed E-state index contributed by atoms with van der Waals surface area (Å²) in [6, 6.07) is 11.6. The Morgan fingerprint density at radius 3 is 2.68 bits per heavy atom. The van der Waals surface area contributed by atoms with Crippen LogP contribution in [0.5, 0.6) is 11.5 Å². The summed E-state index contributed by atoms with van der Waals surface area (Å²) in [5.74, 6) is 1.29. The van der Waals surface area contributed by atoms with Crippen molar-refractivity contribution in [2.45, 2.75) is 32.5 Å². The zero-order valence-corrected chi connectivity index (χ0v) is 16.7. The van der Waals surface area contributed by atoms with Gasteiger partial charge in [-0.2, -0.15) is 0 Å². The van der Waals surface area contributed by atoms with E-state index >= 15 is 0 Å². The summed E-state index contributed by atoms with van der Waals surface area (Å²) in [5.41, 5.74) is 1.96. The molecular weight excluding hydrogens is 406 g/mol. The highest BCUT2D eigenvalue weighted by molar-refractivity contribution is 9.10. The molecule has 0 spiro atoms. The first-order valence-electron chi connectivity index (χ1n) is 8.15. The summed E-state index contributed by atoms with van der Waals surface area (Å²) in [6.07, 6.45) is 0.869. The van der Waals surface area contributed by atoms with Crippen LogP contribution in [-0.4, -0.2) is 24.9 Å². The number of ether oxygens (including phenoxy) is 2. The Hall–Kier alpha value is -1.27. The van der Waals surface area contributed by atoms with Gasteiger partial charge in [-0.25, -0.2) is 0 Å². The standard InChI is InChI=1S/C19H23BrClNO3/c1-3-15(11-23)22-10-13-8-16(20)19(18(9-13)24-2)25-12-14-6-4-5-7-17(14)21/h4-9,15,22-23H,3,10-12H2,1-2H3/t15-/m0/s1. The molecule has 0 saturated heterocycles. The number of aliphatic hydroxyl groups excluding tert-OH is 1. The molecule has 25 heavy (non-hydrogen) atoms. The Balaban J connectivity index is 2.12. The molecule has 2 N–H and O–H groups in total. The van der Waals surface area contributed by atoms with Gasteiger partial charge in [0.15, 0.2) is 11.5 Å². The summed E-state index contributed by atoms with van der Waals surface area (Å²) in [6.45, 7) is 3.15. The van der Waals surface area contributed by atoms with Crippen molar-refractivity contribution >= 4 is 27.5 Å². The van der Waals surface area contributed by atoms with Crippen LogP contribution in [0.2, 0.25) is 5.02 Å². The van der Waals surface area contributed by atoms with Gasteiger partial charge < -0.3 is 19.9 Å². The fraction of sp³-hybridized carbons (Fsp3) is 0.368. The second-order valence-corrected chi connectivity index (χ2v) is 6.92. The molecule has 0 radical (unpaired) electrons. The third-order valence-corrected chi connectivity index (χ3v) is 4.88. The topological polar surface area (TPSA) is 50.7 Å². The number of aliphatic hydroxyl groups is 1. The van der Waals surface area contributed by atoms with Crippen LogP contribution >= 0.6 is 27.5 Å². The van der Waals surface area contributed by atoms with Crippen molar-refractivity contribution in [3.8, 4) is 11.5 Å². The summed E-state index contributed by atoms with van der Waals surface area (Å²) in [4.78, 5) is 0. The van der Waals surface area contributed by atoms with Crippen molar-refractivity contribution in [2.24, 2.45) is 0 Å². The molecule has 136 valence electrons. The summed E-state index contributed by atoms with van der Waals surface area (Å²) in [5, 5.41) is 13.3. The fourth-order valence-electron chi connectivity index (χ4n) is 2.38. The normalized spacial score (nSPS) is 12.0. The SMILES string of the molecule is CC[C@@H](CO)NCc1cc(Br)c(OCc2ccccc2Cl)c(OC)c1. The zero-order chi connectivity index (χ0) is 18.2. The molecule has 6 heteroatoms. The molecule has 0 saturated carbocycles. The van der Waals surface area contributed by atoms with E-state index in [0.717, 1.165) is 22.0 Å². The van der Waals surface area contributed by atoms with E-state index in [1.165, 1.54) is 0 Å². The van der Waals surface area contributed by atoms with Gasteiger partial charge in [0.25, 0.3) is 0 Å². The van der Waals surface area contributed by atoms with Crippen LogP contribution in [0.4, 0.5) is 0 Å². The van der Waals surface area contributed by atoms with Gasteiger partial charge >= 0.3 is 0 Å². The predicted octanol–water partition coefficient (Wildman–Crippen LogP) is 4.55. The highest BCUT2D eigenvalue weighted by Gasteiger charge is 2.13. The average molecular weight is 429 g/mol. The van der Waals surface area contributed by atoms with Gasteiger partial charge in [-0.3, -0.25) is 0 Å². The minimum atomic E-state index is 0.0842. The minimum Gasteiger partial charge on any atom is -0.493 e. The first-order valence-corrected chi connectivity index (χ1v) is 9.33. The first kappa shape index (κ1) is 20.0.